The van der Waals surface area contributed by atoms with Crippen molar-refractivity contribution in [1.29, 1.82) is 0 Å². The fourth-order valence-corrected chi connectivity index (χ4v) is 2.72. The molecule has 0 saturated heterocycles. The number of hydrogen-bond donors (Lipinski definition) is 1. The topological polar surface area (TPSA) is 41.6 Å². The van der Waals surface area contributed by atoms with Crippen LogP contribution in [-0.2, 0) is 11.2 Å². The van der Waals surface area contributed by atoms with Gasteiger partial charge in [0.2, 0.25) is 5.91 Å². The summed E-state index contributed by atoms with van der Waals surface area (Å²) in [5, 5.41) is 3.09. The van der Waals surface area contributed by atoms with Gasteiger partial charge in [0.25, 0.3) is 0 Å². The van der Waals surface area contributed by atoms with Gasteiger partial charge in [-0.25, -0.2) is 4.39 Å². The molecular formula is C21H27FN2O2. The first kappa shape index (κ1) is 19.9. The average molecular weight is 358 g/mol. The smallest absolute Gasteiger partial charge is 0.220 e. The number of aryl methyl sites for hydroxylation is 1. The Hall–Kier alpha value is -2.40. The Morgan fingerprint density at radius 1 is 1.12 bits per heavy atom. The van der Waals surface area contributed by atoms with Gasteiger partial charge in [-0.2, -0.15) is 0 Å². The molecule has 0 aromatic heterocycles. The third-order valence-electron chi connectivity index (χ3n) is 4.27. The molecule has 1 unspecified atom stereocenters. The first-order valence-electron chi connectivity index (χ1n) is 8.80. The van der Waals surface area contributed by atoms with Gasteiger partial charge in [-0.3, -0.25) is 4.79 Å². The summed E-state index contributed by atoms with van der Waals surface area (Å²) in [5.41, 5.74) is 2.01. The number of nitrogens with zero attached hydrogens (tertiary/aromatic N) is 1. The summed E-state index contributed by atoms with van der Waals surface area (Å²) in [4.78, 5) is 14.5. The number of rotatable bonds is 9. The van der Waals surface area contributed by atoms with E-state index in [9.17, 15) is 9.18 Å². The summed E-state index contributed by atoms with van der Waals surface area (Å²) < 4.78 is 18.3. The lowest BCUT2D eigenvalue weighted by Crippen LogP contribution is -2.31. The van der Waals surface area contributed by atoms with Gasteiger partial charge in [-0.05, 0) is 68.9 Å². The second kappa shape index (κ2) is 9.92. The van der Waals surface area contributed by atoms with E-state index in [4.69, 9.17) is 4.74 Å². The van der Waals surface area contributed by atoms with Crippen molar-refractivity contribution >= 4 is 5.91 Å². The molecule has 0 aliphatic rings. The van der Waals surface area contributed by atoms with Crippen LogP contribution in [0.5, 0.6) is 5.75 Å². The largest absolute Gasteiger partial charge is 0.497 e. The Kier molecular flexibility index (Phi) is 7.60. The van der Waals surface area contributed by atoms with E-state index < -0.39 is 0 Å². The highest BCUT2D eigenvalue weighted by atomic mass is 19.1. The van der Waals surface area contributed by atoms with Crippen LogP contribution in [0.25, 0.3) is 0 Å². The number of nitrogens with one attached hydrogen (secondary N) is 1. The van der Waals surface area contributed by atoms with Crippen LogP contribution in [0, 0.1) is 5.82 Å². The van der Waals surface area contributed by atoms with E-state index in [0.29, 0.717) is 12.8 Å². The second-order valence-electron chi connectivity index (χ2n) is 6.61. The second-order valence-corrected chi connectivity index (χ2v) is 6.61. The van der Waals surface area contributed by atoms with Crippen molar-refractivity contribution in [2.45, 2.75) is 25.3 Å². The van der Waals surface area contributed by atoms with Crippen LogP contribution in [0.1, 0.15) is 30.0 Å². The van der Waals surface area contributed by atoms with E-state index in [1.54, 1.807) is 19.2 Å². The molecular weight excluding hydrogens is 331 g/mol. The van der Waals surface area contributed by atoms with Crippen LogP contribution in [0.2, 0.25) is 0 Å². The fourth-order valence-electron chi connectivity index (χ4n) is 2.72. The van der Waals surface area contributed by atoms with Crippen LogP contribution >= 0.6 is 0 Å². The SMILES string of the molecule is COc1ccc(CCC(=O)NC(CCN(C)C)c2ccc(F)cc2)cc1. The van der Waals surface area contributed by atoms with Gasteiger partial charge < -0.3 is 15.0 Å². The first-order chi connectivity index (χ1) is 12.5. The van der Waals surface area contributed by atoms with Crippen molar-refractivity contribution in [2.24, 2.45) is 0 Å². The maximum absolute atomic E-state index is 13.2. The molecule has 26 heavy (non-hydrogen) atoms. The van der Waals surface area contributed by atoms with Crippen molar-refractivity contribution in [3.8, 4) is 5.75 Å². The highest BCUT2D eigenvalue weighted by Gasteiger charge is 2.15. The van der Waals surface area contributed by atoms with Crippen molar-refractivity contribution in [3.05, 3.63) is 65.5 Å². The third-order valence-corrected chi connectivity index (χ3v) is 4.27. The van der Waals surface area contributed by atoms with Gasteiger partial charge in [0.15, 0.2) is 0 Å². The van der Waals surface area contributed by atoms with Gasteiger partial charge in [0.1, 0.15) is 11.6 Å². The molecule has 0 aliphatic heterocycles. The van der Waals surface area contributed by atoms with E-state index in [2.05, 4.69) is 10.2 Å². The number of carbonyl (C=O) groups excluding carboxylic acids is 1. The molecule has 0 bridgehead atoms. The van der Waals surface area contributed by atoms with Gasteiger partial charge in [-0.15, -0.1) is 0 Å². The van der Waals surface area contributed by atoms with Gasteiger partial charge in [-0.1, -0.05) is 24.3 Å². The van der Waals surface area contributed by atoms with Crippen molar-refractivity contribution in [2.75, 3.05) is 27.7 Å². The predicted molar refractivity (Wildman–Crippen MR) is 102 cm³/mol. The van der Waals surface area contributed by atoms with Crippen LogP contribution in [0.4, 0.5) is 4.39 Å². The molecule has 0 heterocycles. The number of hydrogen-bond acceptors (Lipinski definition) is 3. The lowest BCUT2D eigenvalue weighted by Gasteiger charge is -2.21. The number of benzene rings is 2. The molecule has 0 spiro atoms. The monoisotopic (exact) mass is 358 g/mol. The summed E-state index contributed by atoms with van der Waals surface area (Å²) in [6, 6.07) is 13.9. The van der Waals surface area contributed by atoms with Gasteiger partial charge in [0, 0.05) is 6.42 Å². The maximum atomic E-state index is 13.2. The van der Waals surface area contributed by atoms with Crippen LogP contribution in [0.3, 0.4) is 0 Å². The summed E-state index contributed by atoms with van der Waals surface area (Å²) in [6.45, 7) is 0.834. The minimum atomic E-state index is -0.272. The van der Waals surface area contributed by atoms with Gasteiger partial charge >= 0.3 is 0 Å². The van der Waals surface area contributed by atoms with E-state index in [1.807, 2.05) is 38.4 Å². The zero-order valence-corrected chi connectivity index (χ0v) is 15.7. The lowest BCUT2D eigenvalue weighted by atomic mass is 10.0. The molecule has 2 rings (SSSR count). The molecule has 1 amide bonds. The van der Waals surface area contributed by atoms with Gasteiger partial charge in [0.05, 0.1) is 13.2 Å². The van der Waals surface area contributed by atoms with Crippen molar-refractivity contribution in [1.82, 2.24) is 10.2 Å². The Balaban J connectivity index is 1.94. The highest BCUT2D eigenvalue weighted by Crippen LogP contribution is 2.18. The summed E-state index contributed by atoms with van der Waals surface area (Å²) in [6.07, 6.45) is 1.85. The van der Waals surface area contributed by atoms with Crippen LogP contribution < -0.4 is 10.1 Å². The highest BCUT2D eigenvalue weighted by molar-refractivity contribution is 5.76. The zero-order chi connectivity index (χ0) is 18.9. The number of methoxy groups -OCH3 is 1. The number of ether oxygens (including phenoxy) is 1. The Bertz CT molecular complexity index is 684. The lowest BCUT2D eigenvalue weighted by molar-refractivity contribution is -0.121. The molecule has 4 nitrogen and oxygen atoms in total. The van der Waals surface area contributed by atoms with Crippen LogP contribution in [0.15, 0.2) is 48.5 Å². The minimum absolute atomic E-state index is 0.00565. The first-order valence-corrected chi connectivity index (χ1v) is 8.80. The molecule has 0 aliphatic carbocycles. The normalized spacial score (nSPS) is 12.0. The summed E-state index contributed by atoms with van der Waals surface area (Å²) in [5.74, 6) is 0.526. The van der Waals surface area contributed by atoms with E-state index >= 15 is 0 Å². The molecule has 5 heteroatoms. The van der Waals surface area contributed by atoms with E-state index in [1.165, 1.54) is 12.1 Å². The predicted octanol–water partition coefficient (Wildman–Crippen LogP) is 3.58. The molecule has 0 radical (unpaired) electrons. The third kappa shape index (κ3) is 6.48. The van der Waals surface area contributed by atoms with E-state index in [-0.39, 0.29) is 17.8 Å². The molecule has 1 atom stereocenters. The average Bonchev–Trinajstić information content (AvgIpc) is 2.64. The Morgan fingerprint density at radius 3 is 2.35 bits per heavy atom. The molecule has 2 aromatic rings. The molecule has 1 N–H and O–H groups in total. The molecule has 140 valence electrons. The van der Waals surface area contributed by atoms with Crippen molar-refractivity contribution < 1.29 is 13.9 Å². The number of halogens is 1. The molecule has 0 fully saturated rings. The standard InChI is InChI=1S/C21H27FN2O2/c1-24(2)15-14-20(17-7-9-18(22)10-8-17)23-21(25)13-6-16-4-11-19(26-3)12-5-16/h4-5,7-12,20H,6,13-15H2,1-3H3,(H,23,25). The van der Waals surface area contributed by atoms with E-state index in [0.717, 1.165) is 29.8 Å². The molecule has 0 saturated carbocycles. The fraction of sp³-hybridized carbons (Fsp3) is 0.381. The zero-order valence-electron chi connectivity index (χ0n) is 15.7. The van der Waals surface area contributed by atoms with Crippen molar-refractivity contribution in [3.63, 3.8) is 0 Å². The number of amides is 1. The Morgan fingerprint density at radius 2 is 1.77 bits per heavy atom. The molecule has 2 aromatic carbocycles. The Labute approximate surface area is 155 Å². The maximum Gasteiger partial charge on any atom is 0.220 e. The minimum Gasteiger partial charge on any atom is -0.497 e. The summed E-state index contributed by atoms with van der Waals surface area (Å²) >= 11 is 0. The van der Waals surface area contributed by atoms with Crippen LogP contribution in [-0.4, -0.2) is 38.6 Å². The summed E-state index contributed by atoms with van der Waals surface area (Å²) in [7, 11) is 5.62. The quantitative estimate of drug-likeness (QED) is 0.745. The number of carbonyl (C=O) groups is 1.